The molecule has 3 N–H and O–H groups in total. The molecule has 21 heavy (non-hydrogen) atoms. The molecule has 0 fully saturated rings. The molecule has 0 spiro atoms. The molecule has 0 saturated carbocycles. The fourth-order valence-electron chi connectivity index (χ4n) is 2.13. The van der Waals surface area contributed by atoms with E-state index < -0.39 is 12.7 Å². The third kappa shape index (κ3) is 4.21. The zero-order valence-corrected chi connectivity index (χ0v) is 11.1. The average Bonchev–Trinajstić information content (AvgIpc) is 2.45. The molecule has 0 saturated heterocycles. The lowest BCUT2D eigenvalue weighted by Crippen LogP contribution is -2.30. The van der Waals surface area contributed by atoms with Crippen molar-refractivity contribution in [2.24, 2.45) is 5.84 Å². The second kappa shape index (κ2) is 7.10. The molecular formula is C15H15F3N2O. The number of hydrogen-bond acceptors (Lipinski definition) is 3. The van der Waals surface area contributed by atoms with Crippen LogP contribution in [0.5, 0.6) is 5.75 Å². The summed E-state index contributed by atoms with van der Waals surface area (Å²) in [7, 11) is 0. The molecule has 112 valence electrons. The second-order valence-corrected chi connectivity index (χ2v) is 4.47. The Labute approximate surface area is 120 Å². The van der Waals surface area contributed by atoms with Crippen LogP contribution >= 0.6 is 0 Å². The highest BCUT2D eigenvalue weighted by Gasteiger charge is 2.17. The van der Waals surface area contributed by atoms with Crippen molar-refractivity contribution in [2.75, 3.05) is 0 Å². The topological polar surface area (TPSA) is 47.3 Å². The van der Waals surface area contributed by atoms with Gasteiger partial charge in [0.15, 0.2) is 0 Å². The number of para-hydroxylation sites is 1. The van der Waals surface area contributed by atoms with Gasteiger partial charge in [-0.25, -0.2) is 4.39 Å². The number of nitrogens with two attached hydrogens (primary N) is 1. The van der Waals surface area contributed by atoms with Crippen LogP contribution in [0.25, 0.3) is 0 Å². The molecule has 1 unspecified atom stereocenters. The Morgan fingerprint density at radius 3 is 2.52 bits per heavy atom. The van der Waals surface area contributed by atoms with E-state index in [1.165, 1.54) is 18.2 Å². The third-order valence-electron chi connectivity index (χ3n) is 3.04. The number of hydrazine groups is 1. The SMILES string of the molecule is NNC(Cc1cccc(F)c1)c1ccccc1OC(F)F. The highest BCUT2D eigenvalue weighted by molar-refractivity contribution is 5.37. The van der Waals surface area contributed by atoms with E-state index in [4.69, 9.17) is 5.84 Å². The summed E-state index contributed by atoms with van der Waals surface area (Å²) in [6.45, 7) is -2.92. The van der Waals surface area contributed by atoms with Gasteiger partial charge in [-0.05, 0) is 30.2 Å². The van der Waals surface area contributed by atoms with Crippen LogP contribution in [0.3, 0.4) is 0 Å². The lowest BCUT2D eigenvalue weighted by molar-refractivity contribution is -0.0507. The molecule has 1 atom stereocenters. The van der Waals surface area contributed by atoms with Crippen LogP contribution in [0.4, 0.5) is 13.2 Å². The molecule has 3 nitrogen and oxygen atoms in total. The number of alkyl halides is 2. The molecule has 0 bridgehead atoms. The van der Waals surface area contributed by atoms with Gasteiger partial charge in [0, 0.05) is 5.56 Å². The van der Waals surface area contributed by atoms with Crippen molar-refractivity contribution < 1.29 is 17.9 Å². The zero-order valence-electron chi connectivity index (χ0n) is 11.1. The van der Waals surface area contributed by atoms with Gasteiger partial charge in [-0.1, -0.05) is 30.3 Å². The fraction of sp³-hybridized carbons (Fsp3) is 0.200. The Morgan fingerprint density at radius 1 is 1.10 bits per heavy atom. The molecule has 0 aliphatic heterocycles. The lowest BCUT2D eigenvalue weighted by atomic mass is 9.98. The van der Waals surface area contributed by atoms with E-state index in [0.717, 1.165) is 0 Å². The summed E-state index contributed by atoms with van der Waals surface area (Å²) in [6, 6.07) is 11.9. The fourth-order valence-corrected chi connectivity index (χ4v) is 2.13. The maximum absolute atomic E-state index is 13.2. The molecular weight excluding hydrogens is 281 g/mol. The number of hydrogen-bond donors (Lipinski definition) is 2. The van der Waals surface area contributed by atoms with Gasteiger partial charge in [0.1, 0.15) is 11.6 Å². The van der Waals surface area contributed by atoms with Crippen molar-refractivity contribution in [3.63, 3.8) is 0 Å². The largest absolute Gasteiger partial charge is 0.434 e. The predicted octanol–water partition coefficient (Wildman–Crippen LogP) is 3.17. The summed E-state index contributed by atoms with van der Waals surface area (Å²) in [5.74, 6) is 5.19. The average molecular weight is 296 g/mol. The number of ether oxygens (including phenoxy) is 1. The third-order valence-corrected chi connectivity index (χ3v) is 3.04. The standard InChI is InChI=1S/C15H15F3N2O/c16-11-5-3-4-10(8-11)9-13(20-19)12-6-1-2-7-14(12)21-15(17)18/h1-8,13,15,20H,9,19H2. The first-order valence-corrected chi connectivity index (χ1v) is 6.34. The quantitative estimate of drug-likeness (QED) is 0.636. The first-order valence-electron chi connectivity index (χ1n) is 6.34. The number of rotatable bonds is 6. The highest BCUT2D eigenvalue weighted by atomic mass is 19.3. The first-order chi connectivity index (χ1) is 10.1. The zero-order chi connectivity index (χ0) is 15.2. The van der Waals surface area contributed by atoms with Crippen LogP contribution in [-0.2, 0) is 6.42 Å². The Kier molecular flexibility index (Phi) is 5.19. The Hall–Kier alpha value is -2.05. The van der Waals surface area contributed by atoms with Gasteiger partial charge < -0.3 is 4.74 Å². The molecule has 0 heterocycles. The minimum absolute atomic E-state index is 0.0480. The van der Waals surface area contributed by atoms with E-state index in [2.05, 4.69) is 10.2 Å². The Bertz CT molecular complexity index is 593. The van der Waals surface area contributed by atoms with Gasteiger partial charge in [-0.3, -0.25) is 11.3 Å². The predicted molar refractivity (Wildman–Crippen MR) is 73.2 cm³/mol. The van der Waals surface area contributed by atoms with Gasteiger partial charge in [-0.15, -0.1) is 0 Å². The van der Waals surface area contributed by atoms with Gasteiger partial charge in [0.2, 0.25) is 0 Å². The van der Waals surface area contributed by atoms with Gasteiger partial charge in [0.05, 0.1) is 6.04 Å². The van der Waals surface area contributed by atoms with E-state index in [9.17, 15) is 13.2 Å². The van der Waals surface area contributed by atoms with Crippen molar-refractivity contribution in [1.29, 1.82) is 0 Å². The van der Waals surface area contributed by atoms with Crippen LogP contribution in [0.2, 0.25) is 0 Å². The van der Waals surface area contributed by atoms with Crippen molar-refractivity contribution in [1.82, 2.24) is 5.43 Å². The minimum atomic E-state index is -2.92. The van der Waals surface area contributed by atoms with Gasteiger partial charge >= 0.3 is 6.61 Å². The molecule has 0 aromatic heterocycles. The summed E-state index contributed by atoms with van der Waals surface area (Å²) in [6.07, 6.45) is 0.345. The smallest absolute Gasteiger partial charge is 0.387 e. The van der Waals surface area contributed by atoms with Crippen molar-refractivity contribution in [3.8, 4) is 5.75 Å². The number of halogens is 3. The van der Waals surface area contributed by atoms with Crippen molar-refractivity contribution >= 4 is 0 Å². The van der Waals surface area contributed by atoms with Crippen LogP contribution in [0.15, 0.2) is 48.5 Å². The maximum atomic E-state index is 13.2. The molecule has 6 heteroatoms. The number of benzene rings is 2. The summed E-state index contributed by atoms with van der Waals surface area (Å²) in [5, 5.41) is 0. The number of nitrogens with one attached hydrogen (secondary N) is 1. The lowest BCUT2D eigenvalue weighted by Gasteiger charge is -2.19. The van der Waals surface area contributed by atoms with Crippen LogP contribution in [0.1, 0.15) is 17.2 Å². The van der Waals surface area contributed by atoms with Crippen molar-refractivity contribution in [3.05, 3.63) is 65.5 Å². The molecule has 0 aliphatic carbocycles. The van der Waals surface area contributed by atoms with Gasteiger partial charge in [0.25, 0.3) is 0 Å². The normalized spacial score (nSPS) is 12.4. The molecule has 2 aromatic rings. The Morgan fingerprint density at radius 2 is 1.86 bits per heavy atom. The van der Waals surface area contributed by atoms with Crippen LogP contribution < -0.4 is 16.0 Å². The first kappa shape index (κ1) is 15.3. The Balaban J connectivity index is 2.25. The summed E-state index contributed by atoms with van der Waals surface area (Å²) < 4.78 is 42.5. The summed E-state index contributed by atoms with van der Waals surface area (Å²) in [4.78, 5) is 0. The molecule has 2 aromatic carbocycles. The van der Waals surface area contributed by atoms with E-state index in [-0.39, 0.29) is 11.6 Å². The second-order valence-electron chi connectivity index (χ2n) is 4.47. The monoisotopic (exact) mass is 296 g/mol. The van der Waals surface area contributed by atoms with Gasteiger partial charge in [-0.2, -0.15) is 8.78 Å². The summed E-state index contributed by atoms with van der Waals surface area (Å²) in [5.41, 5.74) is 3.74. The van der Waals surface area contributed by atoms with E-state index >= 15 is 0 Å². The maximum Gasteiger partial charge on any atom is 0.387 e. The summed E-state index contributed by atoms with van der Waals surface area (Å²) >= 11 is 0. The van der Waals surface area contributed by atoms with E-state index in [0.29, 0.717) is 17.5 Å². The van der Waals surface area contributed by atoms with E-state index in [1.807, 2.05) is 0 Å². The molecule has 0 radical (unpaired) electrons. The molecule has 0 amide bonds. The minimum Gasteiger partial charge on any atom is -0.434 e. The van der Waals surface area contributed by atoms with Crippen LogP contribution in [0, 0.1) is 5.82 Å². The van der Waals surface area contributed by atoms with Crippen molar-refractivity contribution in [2.45, 2.75) is 19.1 Å². The molecule has 2 rings (SSSR count). The highest BCUT2D eigenvalue weighted by Crippen LogP contribution is 2.28. The molecule has 0 aliphatic rings. The van der Waals surface area contributed by atoms with Crippen LogP contribution in [-0.4, -0.2) is 6.61 Å². The van der Waals surface area contributed by atoms with E-state index in [1.54, 1.807) is 30.3 Å².